The van der Waals surface area contributed by atoms with Gasteiger partial charge >= 0.3 is 0 Å². The van der Waals surface area contributed by atoms with Crippen LogP contribution in [0.25, 0.3) is 0 Å². The molecule has 0 unspecified atom stereocenters. The van der Waals surface area contributed by atoms with Crippen LogP contribution in [0.4, 0.5) is 5.95 Å². The van der Waals surface area contributed by atoms with Crippen LogP contribution in [0.3, 0.4) is 0 Å². The molecule has 4 heterocycles. The Morgan fingerprint density at radius 1 is 1.15 bits per heavy atom. The van der Waals surface area contributed by atoms with Gasteiger partial charge in [-0.3, -0.25) is 19.7 Å². The van der Waals surface area contributed by atoms with Crippen molar-refractivity contribution in [2.24, 2.45) is 0 Å². The molecule has 4 rings (SSSR count). The lowest BCUT2D eigenvalue weighted by Crippen LogP contribution is -2.33. The van der Waals surface area contributed by atoms with E-state index in [1.54, 1.807) is 6.07 Å². The number of nitrogens with zero attached hydrogens (tertiary/aromatic N) is 4. The predicted molar refractivity (Wildman–Crippen MR) is 107 cm³/mol. The van der Waals surface area contributed by atoms with E-state index in [0.29, 0.717) is 5.92 Å². The average molecular weight is 367 g/mol. The Morgan fingerprint density at radius 3 is 2.59 bits per heavy atom. The molecule has 0 saturated carbocycles. The largest absolute Gasteiger partial charge is 0.342 e. The van der Waals surface area contributed by atoms with Crippen molar-refractivity contribution in [3.63, 3.8) is 0 Å². The molecule has 0 radical (unpaired) electrons. The number of hydrogen-bond donors (Lipinski definition) is 1. The van der Waals surface area contributed by atoms with Gasteiger partial charge in [0.1, 0.15) is 0 Å². The number of H-pyrrole nitrogens is 1. The normalized spacial score (nSPS) is 18.9. The number of rotatable bonds is 5. The summed E-state index contributed by atoms with van der Waals surface area (Å²) >= 11 is 0. The van der Waals surface area contributed by atoms with Gasteiger partial charge in [0.25, 0.3) is 5.56 Å². The zero-order chi connectivity index (χ0) is 18.6. The van der Waals surface area contributed by atoms with E-state index in [4.69, 9.17) is 4.98 Å². The quantitative estimate of drug-likeness (QED) is 0.880. The molecule has 2 aromatic heterocycles. The number of aryl methyl sites for hydroxylation is 1. The fraction of sp³-hybridized carbons (Fsp3) is 0.571. The maximum Gasteiger partial charge on any atom is 0.252 e. The minimum atomic E-state index is -0.0218. The molecule has 0 bridgehead atoms. The molecule has 6 nitrogen and oxygen atoms in total. The summed E-state index contributed by atoms with van der Waals surface area (Å²) in [5.74, 6) is 1.14. The molecule has 0 amide bonds. The first-order valence-electron chi connectivity index (χ1n) is 10.2. The van der Waals surface area contributed by atoms with Crippen molar-refractivity contribution in [2.75, 3.05) is 31.1 Å². The molecule has 2 aromatic rings. The van der Waals surface area contributed by atoms with E-state index in [0.717, 1.165) is 69.3 Å². The summed E-state index contributed by atoms with van der Waals surface area (Å²) < 4.78 is 0. The third-order valence-electron chi connectivity index (χ3n) is 5.81. The Morgan fingerprint density at radius 2 is 1.93 bits per heavy atom. The topological polar surface area (TPSA) is 65.1 Å². The molecular weight excluding hydrogens is 338 g/mol. The highest BCUT2D eigenvalue weighted by molar-refractivity contribution is 5.32. The monoisotopic (exact) mass is 367 g/mol. The first-order chi connectivity index (χ1) is 13.2. The van der Waals surface area contributed by atoms with Crippen molar-refractivity contribution < 1.29 is 0 Å². The van der Waals surface area contributed by atoms with Gasteiger partial charge in [0.05, 0.1) is 5.69 Å². The fourth-order valence-electron chi connectivity index (χ4n) is 4.15. The van der Waals surface area contributed by atoms with Crippen molar-refractivity contribution in [3.05, 3.63) is 51.7 Å². The van der Waals surface area contributed by atoms with Gasteiger partial charge in [0.2, 0.25) is 5.95 Å². The van der Waals surface area contributed by atoms with Gasteiger partial charge in [-0.1, -0.05) is 13.0 Å². The number of nitrogens with one attached hydrogen (secondary N) is 1. The van der Waals surface area contributed by atoms with Gasteiger partial charge in [-0.25, -0.2) is 4.98 Å². The third kappa shape index (κ3) is 4.38. The number of piperidine rings is 1. The highest BCUT2D eigenvalue weighted by Crippen LogP contribution is 2.28. The van der Waals surface area contributed by atoms with Crippen LogP contribution in [0.15, 0.2) is 29.2 Å². The van der Waals surface area contributed by atoms with Gasteiger partial charge in [0, 0.05) is 43.5 Å². The zero-order valence-electron chi connectivity index (χ0n) is 16.2. The Labute approximate surface area is 160 Å². The number of aromatic amines is 1. The minimum Gasteiger partial charge on any atom is -0.342 e. The van der Waals surface area contributed by atoms with Gasteiger partial charge in [-0.05, 0) is 56.8 Å². The third-order valence-corrected chi connectivity index (χ3v) is 5.81. The molecule has 0 spiro atoms. The maximum absolute atomic E-state index is 12.1. The number of pyridine rings is 1. The van der Waals surface area contributed by atoms with Crippen LogP contribution >= 0.6 is 0 Å². The Balaban J connectivity index is 1.38. The van der Waals surface area contributed by atoms with Crippen LogP contribution in [0, 0.1) is 0 Å². The van der Waals surface area contributed by atoms with Crippen LogP contribution in [0.2, 0.25) is 0 Å². The summed E-state index contributed by atoms with van der Waals surface area (Å²) in [5, 5.41) is 0. The SMILES string of the molecule is CCc1ccc(CN2CCC(c3cc(=O)[nH]c(N4CCCC4)n3)CC2)cn1. The lowest BCUT2D eigenvalue weighted by Gasteiger charge is -2.32. The Kier molecular flexibility index (Phi) is 5.53. The fourth-order valence-corrected chi connectivity index (χ4v) is 4.15. The van der Waals surface area contributed by atoms with Crippen molar-refractivity contribution >= 4 is 5.95 Å². The molecule has 0 aromatic carbocycles. The second-order valence-electron chi connectivity index (χ2n) is 7.75. The summed E-state index contributed by atoms with van der Waals surface area (Å²) in [6, 6.07) is 6.02. The smallest absolute Gasteiger partial charge is 0.252 e. The molecule has 2 saturated heterocycles. The van der Waals surface area contributed by atoms with Crippen molar-refractivity contribution in [1.82, 2.24) is 19.9 Å². The minimum absolute atomic E-state index is 0.0218. The maximum atomic E-state index is 12.1. The highest BCUT2D eigenvalue weighted by atomic mass is 16.1. The van der Waals surface area contributed by atoms with E-state index >= 15 is 0 Å². The van der Waals surface area contributed by atoms with Crippen molar-refractivity contribution in [2.45, 2.75) is 51.5 Å². The number of aromatic nitrogens is 3. The molecule has 6 heteroatoms. The van der Waals surface area contributed by atoms with Crippen molar-refractivity contribution in [1.29, 1.82) is 0 Å². The molecule has 1 N–H and O–H groups in total. The van der Waals surface area contributed by atoms with E-state index in [1.807, 2.05) is 6.20 Å². The Hall–Kier alpha value is -2.21. The lowest BCUT2D eigenvalue weighted by atomic mass is 9.93. The van der Waals surface area contributed by atoms with Gasteiger partial charge < -0.3 is 4.90 Å². The second kappa shape index (κ2) is 8.21. The zero-order valence-corrected chi connectivity index (χ0v) is 16.2. The molecule has 0 aliphatic carbocycles. The molecule has 144 valence electrons. The first-order valence-corrected chi connectivity index (χ1v) is 10.2. The molecular formula is C21H29N5O. The number of hydrogen-bond acceptors (Lipinski definition) is 5. The summed E-state index contributed by atoms with van der Waals surface area (Å²) in [5.41, 5.74) is 3.36. The molecule has 2 aliphatic heterocycles. The summed E-state index contributed by atoms with van der Waals surface area (Å²) in [7, 11) is 0. The van der Waals surface area contributed by atoms with E-state index in [2.05, 4.69) is 38.8 Å². The lowest BCUT2D eigenvalue weighted by molar-refractivity contribution is 0.203. The van der Waals surface area contributed by atoms with Crippen LogP contribution < -0.4 is 10.5 Å². The first kappa shape index (κ1) is 18.2. The standard InChI is InChI=1S/C21H29N5O/c1-2-18-6-5-16(14-22-18)15-25-11-7-17(8-12-25)19-13-20(27)24-21(23-19)26-9-3-4-10-26/h5-6,13-14,17H,2-4,7-12,15H2,1H3,(H,23,24,27). The van der Waals surface area contributed by atoms with Crippen LogP contribution in [-0.2, 0) is 13.0 Å². The average Bonchev–Trinajstić information content (AvgIpc) is 3.24. The molecule has 2 fully saturated rings. The predicted octanol–water partition coefficient (Wildman–Crippen LogP) is 2.71. The summed E-state index contributed by atoms with van der Waals surface area (Å²) in [6.07, 6.45) is 7.45. The molecule has 27 heavy (non-hydrogen) atoms. The molecule has 0 atom stereocenters. The van der Waals surface area contributed by atoms with E-state index in [9.17, 15) is 4.79 Å². The molecule has 2 aliphatic rings. The van der Waals surface area contributed by atoms with Gasteiger partial charge in [0.15, 0.2) is 0 Å². The summed E-state index contributed by atoms with van der Waals surface area (Å²) in [4.78, 5) is 29.0. The van der Waals surface area contributed by atoms with Crippen LogP contribution in [0.1, 0.15) is 55.5 Å². The van der Waals surface area contributed by atoms with Crippen LogP contribution in [0.5, 0.6) is 0 Å². The van der Waals surface area contributed by atoms with Gasteiger partial charge in [-0.15, -0.1) is 0 Å². The van der Waals surface area contributed by atoms with E-state index < -0.39 is 0 Å². The highest BCUT2D eigenvalue weighted by Gasteiger charge is 2.24. The summed E-state index contributed by atoms with van der Waals surface area (Å²) in [6.45, 7) is 7.14. The van der Waals surface area contributed by atoms with E-state index in [1.165, 1.54) is 18.4 Å². The van der Waals surface area contributed by atoms with Crippen LogP contribution in [-0.4, -0.2) is 46.0 Å². The van der Waals surface area contributed by atoms with Gasteiger partial charge in [-0.2, -0.15) is 0 Å². The van der Waals surface area contributed by atoms with Crippen molar-refractivity contribution in [3.8, 4) is 0 Å². The second-order valence-corrected chi connectivity index (χ2v) is 7.75. The van der Waals surface area contributed by atoms with E-state index in [-0.39, 0.29) is 5.56 Å². The number of likely N-dealkylation sites (tertiary alicyclic amines) is 1. The number of anilines is 1. The Bertz CT molecular complexity index is 802.